The Labute approximate surface area is 520 Å². The van der Waals surface area contributed by atoms with Gasteiger partial charge >= 0.3 is 11.9 Å². The molecule has 9 nitrogen and oxygen atoms in total. The number of phosphoric acid groups is 1. The van der Waals surface area contributed by atoms with E-state index in [4.69, 9.17) is 18.5 Å². The second-order valence-electron chi connectivity index (χ2n) is 25.2. The number of unbranched alkanes of at least 4 members (excludes halogenated alkanes) is 40. The molecule has 0 aromatic carbocycles. The second kappa shape index (κ2) is 64.9. The number of likely N-dealkylation sites (N-methyl/N-ethyl adjacent to an activating group) is 1. The Hall–Kier alpha value is -2.55. The Morgan fingerprint density at radius 2 is 0.679 bits per heavy atom. The van der Waals surface area contributed by atoms with Crippen molar-refractivity contribution >= 4 is 19.8 Å². The van der Waals surface area contributed by atoms with Crippen LogP contribution in [0.1, 0.15) is 335 Å². The lowest BCUT2D eigenvalue weighted by atomic mass is 10.0. The molecule has 0 heterocycles. The van der Waals surface area contributed by atoms with Crippen molar-refractivity contribution in [3.05, 3.63) is 72.9 Å². The second-order valence-corrected chi connectivity index (χ2v) is 26.6. The van der Waals surface area contributed by atoms with Gasteiger partial charge in [-0.2, -0.15) is 0 Å². The Morgan fingerprint density at radius 3 is 1.02 bits per heavy atom. The maximum absolute atomic E-state index is 12.8. The Kier molecular flexibility index (Phi) is 62.9. The highest BCUT2D eigenvalue weighted by atomic mass is 31.2. The third-order valence-electron chi connectivity index (χ3n) is 15.7. The van der Waals surface area contributed by atoms with Gasteiger partial charge in [0.05, 0.1) is 27.7 Å². The van der Waals surface area contributed by atoms with E-state index in [0.29, 0.717) is 17.4 Å². The van der Waals surface area contributed by atoms with Crippen LogP contribution in [0, 0.1) is 0 Å². The van der Waals surface area contributed by atoms with E-state index in [2.05, 4.69) is 86.8 Å². The lowest BCUT2D eigenvalue weighted by Gasteiger charge is -2.28. The minimum atomic E-state index is -4.65. The van der Waals surface area contributed by atoms with E-state index >= 15 is 0 Å². The first-order chi connectivity index (χ1) is 41.0. The fourth-order valence-electron chi connectivity index (χ4n) is 10.3. The fourth-order valence-corrected chi connectivity index (χ4v) is 11.0. The summed E-state index contributed by atoms with van der Waals surface area (Å²) < 4.78 is 34.3. The molecule has 0 amide bonds. The van der Waals surface area contributed by atoms with Crippen LogP contribution in [0.25, 0.3) is 0 Å². The molecular weight excluding hydrogens is 1060 g/mol. The predicted octanol–water partition coefficient (Wildman–Crippen LogP) is 22.5. The zero-order chi connectivity index (χ0) is 61.2. The highest BCUT2D eigenvalue weighted by Gasteiger charge is 2.22. The molecule has 0 spiro atoms. The molecule has 0 radical (unpaired) electrons. The van der Waals surface area contributed by atoms with E-state index in [1.807, 2.05) is 21.1 Å². The molecule has 0 aliphatic heterocycles. The third-order valence-corrected chi connectivity index (χ3v) is 16.7. The van der Waals surface area contributed by atoms with Gasteiger partial charge in [0.2, 0.25) is 0 Å². The number of allylic oxidation sites excluding steroid dienone is 12. The third kappa shape index (κ3) is 68.6. The smallest absolute Gasteiger partial charge is 0.306 e. The monoisotopic (exact) mass is 1200 g/mol. The molecule has 0 rings (SSSR count). The van der Waals surface area contributed by atoms with Gasteiger partial charge in [-0.3, -0.25) is 14.2 Å². The van der Waals surface area contributed by atoms with Crippen molar-refractivity contribution in [3.63, 3.8) is 0 Å². The SMILES string of the molecule is CC/C=C\C/C=C\C/C=C\C/C=C\C/C=C\CCCCCCCCCC(=O)OC(COC(=O)CCCCCCCCCCCCCCCCCCCCCCCCCCC/C=C\CCCCCCCCCC)COP(=O)([O-])OCC[N+](C)(C)C. The van der Waals surface area contributed by atoms with E-state index in [1.54, 1.807) is 0 Å². The van der Waals surface area contributed by atoms with Crippen LogP contribution in [0.4, 0.5) is 0 Å². The predicted molar refractivity (Wildman–Crippen MR) is 360 cm³/mol. The van der Waals surface area contributed by atoms with Crippen LogP contribution in [0.3, 0.4) is 0 Å². The van der Waals surface area contributed by atoms with Gasteiger partial charge in [0, 0.05) is 12.8 Å². The van der Waals surface area contributed by atoms with Crippen molar-refractivity contribution in [2.24, 2.45) is 0 Å². The number of quaternary nitrogens is 1. The lowest BCUT2D eigenvalue weighted by molar-refractivity contribution is -0.870. The van der Waals surface area contributed by atoms with Gasteiger partial charge in [0.1, 0.15) is 19.8 Å². The zero-order valence-electron chi connectivity index (χ0n) is 55.8. The van der Waals surface area contributed by atoms with E-state index in [1.165, 1.54) is 225 Å². The van der Waals surface area contributed by atoms with Crippen LogP contribution in [0.5, 0.6) is 0 Å². The quantitative estimate of drug-likeness (QED) is 0.0195. The van der Waals surface area contributed by atoms with E-state index in [-0.39, 0.29) is 32.0 Å². The minimum Gasteiger partial charge on any atom is -0.756 e. The topological polar surface area (TPSA) is 111 Å². The first-order valence-corrected chi connectivity index (χ1v) is 37.1. The van der Waals surface area contributed by atoms with Crippen LogP contribution in [-0.2, 0) is 32.7 Å². The van der Waals surface area contributed by atoms with Crippen molar-refractivity contribution in [3.8, 4) is 0 Å². The number of nitrogens with zero attached hydrogens (tertiary/aromatic N) is 1. The van der Waals surface area contributed by atoms with Crippen LogP contribution in [0.15, 0.2) is 72.9 Å². The first kappa shape index (κ1) is 81.5. The van der Waals surface area contributed by atoms with Crippen molar-refractivity contribution in [1.29, 1.82) is 0 Å². The number of carbonyl (C=O) groups excluding carboxylic acids is 2. The van der Waals surface area contributed by atoms with Gasteiger partial charge < -0.3 is 27.9 Å². The number of hydrogen-bond donors (Lipinski definition) is 0. The molecule has 0 saturated carbocycles. The number of rotatable bonds is 66. The van der Waals surface area contributed by atoms with Crippen LogP contribution in [0.2, 0.25) is 0 Å². The van der Waals surface area contributed by atoms with Crippen LogP contribution >= 0.6 is 7.82 Å². The normalized spacial score (nSPS) is 13.5. The Morgan fingerprint density at radius 1 is 0.381 bits per heavy atom. The molecule has 490 valence electrons. The summed E-state index contributed by atoms with van der Waals surface area (Å²) in [6.07, 6.45) is 87.2. The molecule has 0 aromatic rings. The molecule has 0 aliphatic carbocycles. The molecule has 0 N–H and O–H groups in total. The summed E-state index contributed by atoms with van der Waals surface area (Å²) in [5.41, 5.74) is 0. The van der Waals surface area contributed by atoms with Gasteiger partial charge in [-0.05, 0) is 83.5 Å². The van der Waals surface area contributed by atoms with Crippen LogP contribution in [-0.4, -0.2) is 70.0 Å². The number of carbonyl (C=O) groups is 2. The maximum atomic E-state index is 12.8. The van der Waals surface area contributed by atoms with E-state index in [9.17, 15) is 19.0 Å². The molecule has 0 saturated heterocycles. The van der Waals surface area contributed by atoms with Gasteiger partial charge in [-0.25, -0.2) is 0 Å². The summed E-state index contributed by atoms with van der Waals surface area (Å²) in [4.78, 5) is 38.0. The molecule has 0 aromatic heterocycles. The summed E-state index contributed by atoms with van der Waals surface area (Å²) >= 11 is 0. The Bertz CT molecular complexity index is 1650. The number of esters is 2. The lowest BCUT2D eigenvalue weighted by Crippen LogP contribution is -2.37. The fraction of sp³-hybridized carbons (Fsp3) is 0.811. The Balaban J connectivity index is 3.96. The number of phosphoric ester groups is 1. The van der Waals surface area contributed by atoms with Crippen molar-refractivity contribution in [1.82, 2.24) is 0 Å². The summed E-state index contributed by atoms with van der Waals surface area (Å²) in [5.74, 6) is -0.835. The highest BCUT2D eigenvalue weighted by Crippen LogP contribution is 2.38. The molecular formula is C74H136NO8P. The summed E-state index contributed by atoms with van der Waals surface area (Å²) in [7, 11) is 1.16. The largest absolute Gasteiger partial charge is 0.756 e. The minimum absolute atomic E-state index is 0.0346. The van der Waals surface area contributed by atoms with Crippen molar-refractivity contribution in [2.75, 3.05) is 47.5 Å². The summed E-state index contributed by atoms with van der Waals surface area (Å²) in [6, 6.07) is 0. The van der Waals surface area contributed by atoms with Gasteiger partial charge in [0.25, 0.3) is 7.82 Å². The summed E-state index contributed by atoms with van der Waals surface area (Å²) in [6.45, 7) is 4.15. The van der Waals surface area contributed by atoms with Crippen molar-refractivity contribution in [2.45, 2.75) is 341 Å². The molecule has 84 heavy (non-hydrogen) atoms. The van der Waals surface area contributed by atoms with Gasteiger partial charge in [-0.1, -0.05) is 311 Å². The molecule has 0 bridgehead atoms. The van der Waals surface area contributed by atoms with E-state index < -0.39 is 26.5 Å². The van der Waals surface area contributed by atoms with E-state index in [0.717, 1.165) is 77.0 Å². The molecule has 0 aliphatic rings. The molecule has 10 heteroatoms. The maximum Gasteiger partial charge on any atom is 0.306 e. The zero-order valence-corrected chi connectivity index (χ0v) is 56.7. The summed E-state index contributed by atoms with van der Waals surface area (Å²) in [5, 5.41) is 0. The molecule has 0 fully saturated rings. The average molecular weight is 1200 g/mol. The van der Waals surface area contributed by atoms with Gasteiger partial charge in [-0.15, -0.1) is 0 Å². The van der Waals surface area contributed by atoms with Crippen molar-refractivity contribution < 1.29 is 42.1 Å². The molecule has 2 unspecified atom stereocenters. The number of ether oxygens (including phenoxy) is 2. The standard InChI is InChI=1S/C74H136NO8P/c1-6-8-10-12-14-16-18-20-22-24-26-28-30-31-32-33-34-35-36-37-38-39-40-41-42-43-45-46-48-50-52-54-56-58-60-62-64-66-73(76)80-70-72(71-82-84(78,79)81-69-68-75(3,4)5)83-74(77)67-65-63-61-59-57-55-53-51-49-47-44-29-27-25-23-21-19-17-15-13-11-9-7-2/h9,11,15,17,21,23-24,26-27,29,47,49,72H,6-8,10,12-14,16,18-20,22,25,28,30-46,48,50-71H2,1-5H3/b11-9-,17-15-,23-21-,26-24-,29-27-,49-47-. The van der Waals surface area contributed by atoms with Crippen LogP contribution < -0.4 is 4.89 Å². The highest BCUT2D eigenvalue weighted by molar-refractivity contribution is 7.45. The average Bonchev–Trinajstić information content (AvgIpc) is 3.61. The number of hydrogen-bond acceptors (Lipinski definition) is 8. The van der Waals surface area contributed by atoms with Gasteiger partial charge in [0.15, 0.2) is 6.10 Å². The first-order valence-electron chi connectivity index (χ1n) is 35.6. The molecule has 2 atom stereocenters.